The summed E-state index contributed by atoms with van der Waals surface area (Å²) in [6.45, 7) is 3.66. The van der Waals surface area contributed by atoms with Crippen molar-refractivity contribution in [3.63, 3.8) is 0 Å². The number of pyridine rings is 1. The fourth-order valence-electron chi connectivity index (χ4n) is 1.61. The lowest BCUT2D eigenvalue weighted by molar-refractivity contribution is 1.33. The highest BCUT2D eigenvalue weighted by Crippen LogP contribution is 2.32. The van der Waals surface area contributed by atoms with Gasteiger partial charge >= 0.3 is 0 Å². The maximum Gasteiger partial charge on any atom is 0.0493 e. The first-order valence-electron chi connectivity index (χ1n) is 5.04. The van der Waals surface area contributed by atoms with Crippen molar-refractivity contribution in [2.24, 2.45) is 5.73 Å². The van der Waals surface area contributed by atoms with E-state index in [-0.39, 0.29) is 0 Å². The van der Waals surface area contributed by atoms with Gasteiger partial charge in [0, 0.05) is 45.5 Å². The lowest BCUT2D eigenvalue weighted by Crippen LogP contribution is -2.00. The Kier molecular flexibility index (Phi) is 3.02. The van der Waals surface area contributed by atoms with Crippen molar-refractivity contribution < 1.29 is 0 Å². The third-order valence-electron chi connectivity index (χ3n) is 2.46. The molecule has 1 aromatic carbocycles. The molecule has 0 aliphatic rings. The van der Waals surface area contributed by atoms with Gasteiger partial charge in [0.05, 0.1) is 0 Å². The average Bonchev–Trinajstić information content (AvgIpc) is 2.32. The molecular weight excluding hydrogens is 234 g/mol. The first kappa shape index (κ1) is 11.5. The van der Waals surface area contributed by atoms with Crippen LogP contribution in [0.1, 0.15) is 5.56 Å². The van der Waals surface area contributed by atoms with E-state index in [9.17, 15) is 0 Å². The monoisotopic (exact) mass is 245 g/mol. The number of nitrogens with zero attached hydrogens (tertiary/aromatic N) is 1. The van der Waals surface area contributed by atoms with E-state index >= 15 is 0 Å². The molecule has 0 bridgehead atoms. The van der Waals surface area contributed by atoms with Gasteiger partial charge in [-0.3, -0.25) is 4.98 Å². The van der Waals surface area contributed by atoms with Gasteiger partial charge in [-0.15, -0.1) is 0 Å². The van der Waals surface area contributed by atoms with Crippen LogP contribution in [-0.2, 0) is 0 Å². The zero-order valence-electron chi connectivity index (χ0n) is 9.15. The van der Waals surface area contributed by atoms with E-state index in [1.165, 1.54) is 0 Å². The third-order valence-corrected chi connectivity index (χ3v) is 2.77. The molecule has 0 saturated carbocycles. The smallest absolute Gasteiger partial charge is 0.0493 e. The summed E-state index contributed by atoms with van der Waals surface area (Å²) in [5.74, 6) is 0. The molecule has 4 N–H and O–H groups in total. The predicted molar refractivity (Wildman–Crippen MR) is 72.3 cm³/mol. The molecule has 0 atom stereocenters. The maximum absolute atomic E-state index is 6.20. The van der Waals surface area contributed by atoms with Crippen molar-refractivity contribution in [2.75, 3.05) is 5.73 Å². The van der Waals surface area contributed by atoms with Gasteiger partial charge in [0.1, 0.15) is 0 Å². The molecule has 4 heteroatoms. The van der Waals surface area contributed by atoms with Crippen LogP contribution >= 0.6 is 11.6 Å². The molecule has 3 nitrogen and oxygen atoms in total. The number of benzene rings is 1. The van der Waals surface area contributed by atoms with Gasteiger partial charge in [-0.05, 0) is 18.2 Å². The number of rotatable bonds is 2. The third kappa shape index (κ3) is 2.24. The fourth-order valence-corrected chi connectivity index (χ4v) is 1.88. The molecule has 0 unspecified atom stereocenters. The van der Waals surface area contributed by atoms with Crippen LogP contribution in [0, 0.1) is 0 Å². The van der Waals surface area contributed by atoms with Crippen molar-refractivity contribution in [1.82, 2.24) is 4.98 Å². The van der Waals surface area contributed by atoms with Gasteiger partial charge in [0.2, 0.25) is 0 Å². The second kappa shape index (κ2) is 4.47. The predicted octanol–water partition coefficient (Wildman–Crippen LogP) is 2.91. The number of anilines is 1. The normalized spacial score (nSPS) is 10.2. The molecule has 2 aromatic rings. The fraction of sp³-hybridized carbons (Fsp3) is 0. The summed E-state index contributed by atoms with van der Waals surface area (Å²) in [4.78, 5) is 4.05. The maximum atomic E-state index is 6.20. The van der Waals surface area contributed by atoms with Gasteiger partial charge < -0.3 is 11.5 Å². The number of aromatic nitrogens is 1. The molecule has 0 amide bonds. The zero-order valence-corrected chi connectivity index (χ0v) is 9.91. The Labute approximate surface area is 105 Å². The molecule has 0 spiro atoms. The molecule has 1 aromatic heterocycles. The zero-order chi connectivity index (χ0) is 12.4. The van der Waals surface area contributed by atoms with Gasteiger partial charge in [0.15, 0.2) is 0 Å². The highest BCUT2D eigenvalue weighted by atomic mass is 35.5. The summed E-state index contributed by atoms with van der Waals surface area (Å²) in [6, 6.07) is 7.27. The molecule has 1 heterocycles. The number of hydrogen-bond acceptors (Lipinski definition) is 3. The van der Waals surface area contributed by atoms with Crippen LogP contribution in [0.4, 0.5) is 5.69 Å². The molecule has 0 fully saturated rings. The summed E-state index contributed by atoms with van der Waals surface area (Å²) in [5.41, 5.74) is 14.9. The Morgan fingerprint density at radius 1 is 1.35 bits per heavy atom. The van der Waals surface area contributed by atoms with E-state index in [2.05, 4.69) is 11.6 Å². The van der Waals surface area contributed by atoms with Crippen LogP contribution in [0.3, 0.4) is 0 Å². The Bertz CT molecular complexity index is 564. The Balaban J connectivity index is 2.58. The van der Waals surface area contributed by atoms with Crippen LogP contribution in [0.15, 0.2) is 43.2 Å². The van der Waals surface area contributed by atoms with Gasteiger partial charge in [-0.2, -0.15) is 0 Å². The van der Waals surface area contributed by atoms with Crippen LogP contribution in [0.5, 0.6) is 0 Å². The molecule has 17 heavy (non-hydrogen) atoms. The molecule has 2 rings (SSSR count). The van der Waals surface area contributed by atoms with Crippen LogP contribution in [0.2, 0.25) is 5.02 Å². The molecular formula is C13H12ClN3. The summed E-state index contributed by atoms with van der Waals surface area (Å²) < 4.78 is 0. The van der Waals surface area contributed by atoms with E-state index in [0.29, 0.717) is 22.0 Å². The first-order valence-corrected chi connectivity index (χ1v) is 5.41. The molecule has 86 valence electrons. The number of nitrogens with two attached hydrogens (primary N) is 2. The van der Waals surface area contributed by atoms with E-state index in [1.54, 1.807) is 24.5 Å². The average molecular weight is 246 g/mol. The topological polar surface area (TPSA) is 64.9 Å². The standard InChI is InChI=1S/C13H12ClN3/c1-8(15)10-5-12(14)11(6-13(10)16)9-3-2-4-17-7-9/h2-7H,1,15-16H2. The number of halogens is 1. The molecule has 0 aliphatic heterocycles. The SMILES string of the molecule is C=C(N)c1cc(Cl)c(-c2cccnc2)cc1N. The van der Waals surface area contributed by atoms with Crippen molar-refractivity contribution >= 4 is 23.0 Å². The highest BCUT2D eigenvalue weighted by molar-refractivity contribution is 6.33. The largest absolute Gasteiger partial charge is 0.399 e. The summed E-state index contributed by atoms with van der Waals surface area (Å²) in [6.07, 6.45) is 3.44. The Hall–Kier alpha value is -2.00. The summed E-state index contributed by atoms with van der Waals surface area (Å²) in [5, 5.41) is 0.578. The molecule has 0 aliphatic carbocycles. The minimum absolute atomic E-state index is 0.405. The first-order chi connectivity index (χ1) is 8.09. The van der Waals surface area contributed by atoms with E-state index < -0.39 is 0 Å². The van der Waals surface area contributed by atoms with Crippen molar-refractivity contribution in [1.29, 1.82) is 0 Å². The van der Waals surface area contributed by atoms with Gasteiger partial charge in [0.25, 0.3) is 0 Å². The molecule has 0 saturated heterocycles. The van der Waals surface area contributed by atoms with Crippen LogP contribution in [-0.4, -0.2) is 4.98 Å². The number of hydrogen-bond donors (Lipinski definition) is 2. The van der Waals surface area contributed by atoms with E-state index in [0.717, 1.165) is 11.1 Å². The Morgan fingerprint density at radius 3 is 2.71 bits per heavy atom. The van der Waals surface area contributed by atoms with Gasteiger partial charge in [-0.1, -0.05) is 24.2 Å². The van der Waals surface area contributed by atoms with Crippen LogP contribution in [0.25, 0.3) is 16.8 Å². The quantitative estimate of drug-likeness (QED) is 0.800. The van der Waals surface area contributed by atoms with Gasteiger partial charge in [-0.25, -0.2) is 0 Å². The van der Waals surface area contributed by atoms with E-state index in [4.69, 9.17) is 23.1 Å². The Morgan fingerprint density at radius 2 is 2.12 bits per heavy atom. The highest BCUT2D eigenvalue weighted by Gasteiger charge is 2.09. The molecule has 0 radical (unpaired) electrons. The number of nitrogen functional groups attached to an aromatic ring is 1. The summed E-state index contributed by atoms with van der Waals surface area (Å²) >= 11 is 6.20. The minimum Gasteiger partial charge on any atom is -0.399 e. The second-order valence-electron chi connectivity index (χ2n) is 3.69. The lowest BCUT2D eigenvalue weighted by Gasteiger charge is -2.10. The van der Waals surface area contributed by atoms with Crippen molar-refractivity contribution in [3.05, 3.63) is 53.8 Å². The lowest BCUT2D eigenvalue weighted by atomic mass is 10.0. The minimum atomic E-state index is 0.405. The van der Waals surface area contributed by atoms with E-state index in [1.807, 2.05) is 12.1 Å². The van der Waals surface area contributed by atoms with Crippen molar-refractivity contribution in [3.8, 4) is 11.1 Å². The second-order valence-corrected chi connectivity index (χ2v) is 4.09. The van der Waals surface area contributed by atoms with Crippen LogP contribution < -0.4 is 11.5 Å². The summed E-state index contributed by atoms with van der Waals surface area (Å²) in [7, 11) is 0. The van der Waals surface area contributed by atoms with Crippen molar-refractivity contribution in [2.45, 2.75) is 0 Å².